The van der Waals surface area contributed by atoms with Crippen molar-refractivity contribution >= 4 is 21.9 Å². The molecule has 0 amide bonds. The van der Waals surface area contributed by atoms with Crippen LogP contribution >= 0.6 is 15.9 Å². The number of halogens is 2. The number of ether oxygens (including phenoxy) is 2. The number of methoxy groups -OCH3 is 1. The average Bonchev–Trinajstić information content (AvgIpc) is 2.46. The molecule has 0 atom stereocenters. The van der Waals surface area contributed by atoms with Gasteiger partial charge in [0.1, 0.15) is 29.5 Å². The molecule has 1 N–H and O–H groups in total. The van der Waals surface area contributed by atoms with Gasteiger partial charge in [0.15, 0.2) is 0 Å². The van der Waals surface area contributed by atoms with Gasteiger partial charge in [-0.1, -0.05) is 22.0 Å². The normalized spacial score (nSPS) is 10.2. The summed E-state index contributed by atoms with van der Waals surface area (Å²) in [6.07, 6.45) is 0. The van der Waals surface area contributed by atoms with Gasteiger partial charge in [0.05, 0.1) is 7.11 Å². The molecule has 21 heavy (non-hydrogen) atoms. The molecule has 0 aliphatic heterocycles. The second-order valence-corrected chi connectivity index (χ2v) is 5.02. The summed E-state index contributed by atoms with van der Waals surface area (Å²) in [5, 5.41) is 9.03. The zero-order valence-electron chi connectivity index (χ0n) is 11.1. The highest BCUT2D eigenvalue weighted by atomic mass is 79.9. The van der Waals surface area contributed by atoms with Gasteiger partial charge in [-0.05, 0) is 30.3 Å². The first-order valence-electron chi connectivity index (χ1n) is 6.00. The maximum absolute atomic E-state index is 13.5. The molecule has 2 aromatic carbocycles. The van der Waals surface area contributed by atoms with Crippen LogP contribution in [0.3, 0.4) is 0 Å². The molecule has 0 aliphatic carbocycles. The van der Waals surface area contributed by atoms with Gasteiger partial charge in [0.2, 0.25) is 0 Å². The number of carbonyl (C=O) groups is 1. The van der Waals surface area contributed by atoms with E-state index in [1.54, 1.807) is 25.3 Å². The van der Waals surface area contributed by atoms with Crippen LogP contribution in [0, 0.1) is 5.82 Å². The van der Waals surface area contributed by atoms with Crippen LogP contribution in [0.5, 0.6) is 11.5 Å². The van der Waals surface area contributed by atoms with Gasteiger partial charge in [-0.15, -0.1) is 0 Å². The predicted molar refractivity (Wildman–Crippen MR) is 78.4 cm³/mol. The van der Waals surface area contributed by atoms with Crippen LogP contribution in [0.1, 0.15) is 15.9 Å². The van der Waals surface area contributed by atoms with E-state index in [0.29, 0.717) is 5.75 Å². The summed E-state index contributed by atoms with van der Waals surface area (Å²) in [5.41, 5.74) is 0.284. The molecule has 4 nitrogen and oxygen atoms in total. The van der Waals surface area contributed by atoms with E-state index in [1.807, 2.05) is 0 Å². The van der Waals surface area contributed by atoms with Crippen LogP contribution in [-0.4, -0.2) is 18.2 Å². The lowest BCUT2D eigenvalue weighted by atomic mass is 10.2. The SMILES string of the molecule is COc1ccc(Br)c(COc2cccc(F)c2C(=O)O)c1. The Morgan fingerprint density at radius 3 is 2.76 bits per heavy atom. The molecule has 0 aromatic heterocycles. The largest absolute Gasteiger partial charge is 0.497 e. The van der Waals surface area contributed by atoms with Crippen molar-refractivity contribution in [1.29, 1.82) is 0 Å². The number of rotatable bonds is 5. The molecule has 6 heteroatoms. The highest BCUT2D eigenvalue weighted by Crippen LogP contribution is 2.26. The van der Waals surface area contributed by atoms with Gasteiger partial charge in [0, 0.05) is 10.0 Å². The molecule has 0 bridgehead atoms. The lowest BCUT2D eigenvalue weighted by Gasteiger charge is -2.11. The summed E-state index contributed by atoms with van der Waals surface area (Å²) in [4.78, 5) is 11.1. The van der Waals surface area contributed by atoms with Crippen LogP contribution in [0.25, 0.3) is 0 Å². The summed E-state index contributed by atoms with van der Waals surface area (Å²) in [6, 6.07) is 9.22. The van der Waals surface area contributed by atoms with E-state index >= 15 is 0 Å². The highest BCUT2D eigenvalue weighted by molar-refractivity contribution is 9.10. The van der Waals surface area contributed by atoms with Crippen LogP contribution in [0.4, 0.5) is 4.39 Å². The van der Waals surface area contributed by atoms with Gasteiger partial charge in [0.25, 0.3) is 0 Å². The van der Waals surface area contributed by atoms with Crippen molar-refractivity contribution in [2.75, 3.05) is 7.11 Å². The third-order valence-electron chi connectivity index (χ3n) is 2.83. The van der Waals surface area contributed by atoms with E-state index in [9.17, 15) is 9.18 Å². The molecular weight excluding hydrogens is 343 g/mol. The molecule has 0 unspecified atom stereocenters. The first-order valence-corrected chi connectivity index (χ1v) is 6.79. The molecule has 0 aliphatic rings. The Bertz CT molecular complexity index is 673. The molecule has 0 radical (unpaired) electrons. The Kier molecular flexibility index (Phi) is 4.80. The summed E-state index contributed by atoms with van der Waals surface area (Å²) < 4.78 is 24.9. The topological polar surface area (TPSA) is 55.8 Å². The van der Waals surface area contributed by atoms with E-state index in [1.165, 1.54) is 12.1 Å². The summed E-state index contributed by atoms with van der Waals surface area (Å²) in [6.45, 7) is 0.0848. The lowest BCUT2D eigenvalue weighted by Crippen LogP contribution is -2.06. The van der Waals surface area contributed by atoms with Gasteiger partial charge < -0.3 is 14.6 Å². The molecule has 0 saturated heterocycles. The number of carboxylic acid groups (broad SMARTS) is 1. The molecule has 110 valence electrons. The number of hydrogen-bond acceptors (Lipinski definition) is 3. The molecule has 2 rings (SSSR count). The summed E-state index contributed by atoms with van der Waals surface area (Å²) in [7, 11) is 1.54. The fourth-order valence-corrected chi connectivity index (χ4v) is 2.14. The van der Waals surface area contributed by atoms with E-state index in [-0.39, 0.29) is 12.4 Å². The van der Waals surface area contributed by atoms with E-state index < -0.39 is 17.3 Å². The quantitative estimate of drug-likeness (QED) is 0.885. The molecule has 0 saturated carbocycles. The zero-order chi connectivity index (χ0) is 15.4. The van der Waals surface area contributed by atoms with Crippen molar-refractivity contribution < 1.29 is 23.8 Å². The minimum atomic E-state index is -1.37. The smallest absolute Gasteiger partial charge is 0.342 e. The van der Waals surface area contributed by atoms with Crippen LogP contribution in [0.15, 0.2) is 40.9 Å². The van der Waals surface area contributed by atoms with Gasteiger partial charge in [-0.25, -0.2) is 9.18 Å². The van der Waals surface area contributed by atoms with E-state index in [0.717, 1.165) is 16.1 Å². The van der Waals surface area contributed by atoms with E-state index in [2.05, 4.69) is 15.9 Å². The fourth-order valence-electron chi connectivity index (χ4n) is 1.78. The minimum Gasteiger partial charge on any atom is -0.497 e. The van der Waals surface area contributed by atoms with Crippen molar-refractivity contribution in [1.82, 2.24) is 0 Å². The standard InChI is InChI=1S/C15H12BrFO4/c1-20-10-5-6-11(16)9(7-10)8-21-13-4-2-3-12(17)14(13)15(18)19/h2-7H,8H2,1H3,(H,18,19). The first-order chi connectivity index (χ1) is 10.0. The monoisotopic (exact) mass is 354 g/mol. The number of benzene rings is 2. The third-order valence-corrected chi connectivity index (χ3v) is 3.60. The third kappa shape index (κ3) is 3.52. The van der Waals surface area contributed by atoms with Gasteiger partial charge in [-0.3, -0.25) is 0 Å². The lowest BCUT2D eigenvalue weighted by molar-refractivity contribution is 0.0686. The molecule has 0 fully saturated rings. The summed E-state index contributed by atoms with van der Waals surface area (Å²) >= 11 is 3.37. The second-order valence-electron chi connectivity index (χ2n) is 4.16. The Morgan fingerprint density at radius 1 is 1.33 bits per heavy atom. The minimum absolute atomic E-state index is 0.0165. The fraction of sp³-hybridized carbons (Fsp3) is 0.133. The van der Waals surface area contributed by atoms with Crippen LogP contribution in [0.2, 0.25) is 0 Å². The maximum atomic E-state index is 13.5. The molecule has 0 heterocycles. The molecule has 2 aromatic rings. The number of carboxylic acids is 1. The Labute approximate surface area is 129 Å². The Balaban J connectivity index is 2.25. The van der Waals surface area contributed by atoms with Crippen molar-refractivity contribution in [3.05, 3.63) is 57.8 Å². The Morgan fingerprint density at radius 2 is 2.10 bits per heavy atom. The summed E-state index contributed by atoms with van der Waals surface area (Å²) in [5.74, 6) is -1.57. The van der Waals surface area contributed by atoms with Crippen molar-refractivity contribution in [3.8, 4) is 11.5 Å². The van der Waals surface area contributed by atoms with Crippen LogP contribution in [-0.2, 0) is 6.61 Å². The second kappa shape index (κ2) is 6.58. The Hall–Kier alpha value is -2.08. The molecular formula is C15H12BrFO4. The highest BCUT2D eigenvalue weighted by Gasteiger charge is 2.17. The average molecular weight is 355 g/mol. The van der Waals surface area contributed by atoms with Gasteiger partial charge in [-0.2, -0.15) is 0 Å². The maximum Gasteiger partial charge on any atom is 0.342 e. The first kappa shape index (κ1) is 15.3. The van der Waals surface area contributed by atoms with Crippen molar-refractivity contribution in [3.63, 3.8) is 0 Å². The number of aromatic carboxylic acids is 1. The number of hydrogen-bond donors (Lipinski definition) is 1. The van der Waals surface area contributed by atoms with Crippen LogP contribution < -0.4 is 9.47 Å². The van der Waals surface area contributed by atoms with E-state index in [4.69, 9.17) is 14.6 Å². The van der Waals surface area contributed by atoms with Gasteiger partial charge >= 0.3 is 5.97 Å². The van der Waals surface area contributed by atoms with Crippen molar-refractivity contribution in [2.45, 2.75) is 6.61 Å². The zero-order valence-corrected chi connectivity index (χ0v) is 12.7. The van der Waals surface area contributed by atoms with Crippen molar-refractivity contribution in [2.24, 2.45) is 0 Å². The molecule has 0 spiro atoms. The predicted octanol–water partition coefficient (Wildman–Crippen LogP) is 3.87.